The van der Waals surface area contributed by atoms with Crippen molar-refractivity contribution in [2.75, 3.05) is 13.2 Å². The fourth-order valence-corrected chi connectivity index (χ4v) is 2.65. The number of carbonyl (C=O) groups is 1. The molecule has 3 rings (SSSR count). The summed E-state index contributed by atoms with van der Waals surface area (Å²) in [5, 5.41) is 10.1. The Kier molecular flexibility index (Phi) is 2.42. The highest BCUT2D eigenvalue weighted by Gasteiger charge is 2.30. The molecule has 4 heteroatoms. The van der Waals surface area contributed by atoms with Crippen LogP contribution in [0.3, 0.4) is 0 Å². The highest BCUT2D eigenvalue weighted by molar-refractivity contribution is 5.65. The largest absolute Gasteiger partial charge is 0.504 e. The molecular weight excluding hydrogens is 220 g/mol. The Bertz CT molecular complexity index is 444. The molecule has 90 valence electrons. The van der Waals surface area contributed by atoms with Crippen LogP contribution in [0.25, 0.3) is 0 Å². The third kappa shape index (κ3) is 1.47. The van der Waals surface area contributed by atoms with Crippen LogP contribution in [0, 0.1) is 0 Å². The van der Waals surface area contributed by atoms with Gasteiger partial charge in [0.1, 0.15) is 12.0 Å². The number of benzene rings is 1. The van der Waals surface area contributed by atoms with Gasteiger partial charge in [-0.1, -0.05) is 0 Å². The second kappa shape index (κ2) is 3.95. The van der Waals surface area contributed by atoms with Crippen LogP contribution in [-0.2, 0) is 24.1 Å². The molecule has 1 N–H and O–H groups in total. The predicted molar refractivity (Wildman–Crippen MR) is 60.9 cm³/mol. The molecule has 2 heterocycles. The van der Waals surface area contributed by atoms with Gasteiger partial charge in [0.25, 0.3) is 0 Å². The van der Waals surface area contributed by atoms with E-state index in [0.29, 0.717) is 38.2 Å². The first kappa shape index (κ1) is 10.4. The summed E-state index contributed by atoms with van der Waals surface area (Å²) in [5.41, 5.74) is 2.91. The summed E-state index contributed by atoms with van der Waals surface area (Å²) in [7, 11) is 0. The topological polar surface area (TPSA) is 55.8 Å². The van der Waals surface area contributed by atoms with Crippen molar-refractivity contribution in [2.24, 2.45) is 0 Å². The van der Waals surface area contributed by atoms with Gasteiger partial charge in [-0.3, -0.25) is 0 Å². The minimum atomic E-state index is 0.236. The van der Waals surface area contributed by atoms with Gasteiger partial charge in [0.15, 0.2) is 11.5 Å². The van der Waals surface area contributed by atoms with E-state index in [4.69, 9.17) is 9.47 Å². The molecule has 0 bridgehead atoms. The first-order valence-electron chi connectivity index (χ1n) is 5.91. The maximum Gasteiger partial charge on any atom is 0.165 e. The van der Waals surface area contributed by atoms with E-state index in [2.05, 4.69) is 0 Å². The standard InChI is InChI=1S/C13H14O4/c14-5-1-2-8-9-3-6-17-13(9)11(15)10-4-7-16-12(8)10/h5,15H,1-4,6-7H2. The molecule has 0 unspecified atom stereocenters. The minimum Gasteiger partial charge on any atom is -0.504 e. The SMILES string of the molecule is O=CCCc1c2c(c(O)c3c1OCC3)OCC2. The molecule has 0 saturated carbocycles. The zero-order valence-electron chi connectivity index (χ0n) is 9.49. The van der Waals surface area contributed by atoms with E-state index >= 15 is 0 Å². The van der Waals surface area contributed by atoms with Crippen LogP contribution in [0.5, 0.6) is 17.2 Å². The van der Waals surface area contributed by atoms with E-state index in [1.54, 1.807) is 0 Å². The number of hydrogen-bond acceptors (Lipinski definition) is 4. The molecule has 0 radical (unpaired) electrons. The molecule has 0 atom stereocenters. The molecular formula is C13H14O4. The average molecular weight is 234 g/mol. The van der Waals surface area contributed by atoms with Gasteiger partial charge in [-0.05, 0) is 6.42 Å². The molecule has 1 aromatic rings. The number of rotatable bonds is 3. The van der Waals surface area contributed by atoms with Crippen molar-refractivity contribution in [1.82, 2.24) is 0 Å². The summed E-state index contributed by atoms with van der Waals surface area (Å²) < 4.78 is 11.1. The van der Waals surface area contributed by atoms with Gasteiger partial charge in [0.2, 0.25) is 0 Å². The van der Waals surface area contributed by atoms with E-state index in [1.807, 2.05) is 0 Å². The fourth-order valence-electron chi connectivity index (χ4n) is 2.65. The molecule has 0 aromatic heterocycles. The number of hydrogen-bond donors (Lipinski definition) is 1. The van der Waals surface area contributed by atoms with Crippen molar-refractivity contribution in [1.29, 1.82) is 0 Å². The molecule has 0 aliphatic carbocycles. The quantitative estimate of drug-likeness (QED) is 0.803. The molecule has 2 aliphatic rings. The van der Waals surface area contributed by atoms with E-state index in [-0.39, 0.29) is 5.75 Å². The number of ether oxygens (including phenoxy) is 2. The Morgan fingerprint density at radius 3 is 2.59 bits per heavy atom. The van der Waals surface area contributed by atoms with Crippen molar-refractivity contribution in [3.8, 4) is 17.2 Å². The van der Waals surface area contributed by atoms with Crippen molar-refractivity contribution in [3.05, 3.63) is 16.7 Å². The van der Waals surface area contributed by atoms with Crippen molar-refractivity contribution < 1.29 is 19.4 Å². The van der Waals surface area contributed by atoms with Gasteiger partial charge in [-0.2, -0.15) is 0 Å². The van der Waals surface area contributed by atoms with Gasteiger partial charge in [0.05, 0.1) is 13.2 Å². The molecule has 4 nitrogen and oxygen atoms in total. The minimum absolute atomic E-state index is 0.236. The fraction of sp³-hybridized carbons (Fsp3) is 0.462. The van der Waals surface area contributed by atoms with Gasteiger partial charge in [-0.15, -0.1) is 0 Å². The number of aromatic hydroxyl groups is 1. The van der Waals surface area contributed by atoms with Gasteiger partial charge >= 0.3 is 0 Å². The second-order valence-corrected chi connectivity index (χ2v) is 4.34. The summed E-state index contributed by atoms with van der Waals surface area (Å²) in [4.78, 5) is 10.5. The van der Waals surface area contributed by atoms with E-state index < -0.39 is 0 Å². The van der Waals surface area contributed by atoms with Crippen LogP contribution in [0.4, 0.5) is 0 Å². The Hall–Kier alpha value is -1.71. The highest BCUT2D eigenvalue weighted by atomic mass is 16.5. The maximum absolute atomic E-state index is 10.5. The number of aldehydes is 1. The van der Waals surface area contributed by atoms with Crippen LogP contribution >= 0.6 is 0 Å². The normalized spacial score (nSPS) is 16.0. The van der Waals surface area contributed by atoms with E-state index in [1.165, 1.54) is 0 Å². The van der Waals surface area contributed by atoms with Gasteiger partial charge in [0, 0.05) is 36.0 Å². The van der Waals surface area contributed by atoms with Crippen LogP contribution < -0.4 is 9.47 Å². The zero-order valence-corrected chi connectivity index (χ0v) is 9.49. The lowest BCUT2D eigenvalue weighted by molar-refractivity contribution is -0.107. The lowest BCUT2D eigenvalue weighted by Crippen LogP contribution is -1.98. The average Bonchev–Trinajstić information content (AvgIpc) is 2.97. The Morgan fingerprint density at radius 1 is 1.12 bits per heavy atom. The van der Waals surface area contributed by atoms with Crippen LogP contribution in [0.15, 0.2) is 0 Å². The van der Waals surface area contributed by atoms with E-state index in [9.17, 15) is 9.90 Å². The van der Waals surface area contributed by atoms with Crippen molar-refractivity contribution >= 4 is 6.29 Å². The van der Waals surface area contributed by atoms with Gasteiger partial charge < -0.3 is 19.4 Å². The van der Waals surface area contributed by atoms with Crippen LogP contribution in [-0.4, -0.2) is 24.6 Å². The Balaban J connectivity index is 2.15. The lowest BCUT2D eigenvalue weighted by Gasteiger charge is -2.13. The summed E-state index contributed by atoms with van der Waals surface area (Å²) in [6, 6.07) is 0. The monoisotopic (exact) mass is 234 g/mol. The van der Waals surface area contributed by atoms with Gasteiger partial charge in [-0.25, -0.2) is 0 Å². The number of fused-ring (bicyclic) bond motifs is 2. The first-order valence-corrected chi connectivity index (χ1v) is 5.91. The zero-order chi connectivity index (χ0) is 11.8. The maximum atomic E-state index is 10.5. The lowest BCUT2D eigenvalue weighted by atomic mass is 9.95. The third-order valence-corrected chi connectivity index (χ3v) is 3.40. The van der Waals surface area contributed by atoms with E-state index in [0.717, 1.165) is 35.1 Å². The first-order chi connectivity index (χ1) is 8.33. The summed E-state index contributed by atoms with van der Waals surface area (Å²) >= 11 is 0. The molecule has 0 amide bonds. The number of phenolic OH excluding ortho intramolecular Hbond substituents is 1. The molecule has 1 aromatic carbocycles. The molecule has 2 aliphatic heterocycles. The smallest absolute Gasteiger partial charge is 0.165 e. The number of phenols is 1. The van der Waals surface area contributed by atoms with Crippen LogP contribution in [0.2, 0.25) is 0 Å². The summed E-state index contributed by atoms with van der Waals surface area (Å²) in [6.07, 6.45) is 3.56. The Labute approximate surface area is 99.2 Å². The number of carbonyl (C=O) groups excluding carboxylic acids is 1. The molecule has 0 saturated heterocycles. The summed E-state index contributed by atoms with van der Waals surface area (Å²) in [6.45, 7) is 1.19. The Morgan fingerprint density at radius 2 is 1.82 bits per heavy atom. The molecule has 17 heavy (non-hydrogen) atoms. The van der Waals surface area contributed by atoms with Crippen molar-refractivity contribution in [2.45, 2.75) is 25.7 Å². The second-order valence-electron chi connectivity index (χ2n) is 4.34. The molecule has 0 spiro atoms. The molecule has 0 fully saturated rings. The highest BCUT2D eigenvalue weighted by Crippen LogP contribution is 2.48. The van der Waals surface area contributed by atoms with Crippen molar-refractivity contribution in [3.63, 3.8) is 0 Å². The van der Waals surface area contributed by atoms with Crippen LogP contribution in [0.1, 0.15) is 23.1 Å². The summed E-state index contributed by atoms with van der Waals surface area (Å²) in [5.74, 6) is 1.63. The third-order valence-electron chi connectivity index (χ3n) is 3.40. The predicted octanol–water partition coefficient (Wildman–Crippen LogP) is 1.39.